The van der Waals surface area contributed by atoms with Crippen molar-refractivity contribution in [2.75, 3.05) is 19.7 Å². The van der Waals surface area contributed by atoms with E-state index in [4.69, 9.17) is 4.74 Å². The molecular formula is C14H20N2O. The predicted molar refractivity (Wildman–Crippen MR) is 66.6 cm³/mol. The molecule has 2 atom stereocenters. The third-order valence-corrected chi connectivity index (χ3v) is 3.95. The summed E-state index contributed by atoms with van der Waals surface area (Å²) in [5.74, 6) is 0.732. The van der Waals surface area contributed by atoms with Crippen molar-refractivity contribution in [2.24, 2.45) is 5.92 Å². The molecule has 0 N–H and O–H groups in total. The Morgan fingerprint density at radius 1 is 1.47 bits per heavy atom. The van der Waals surface area contributed by atoms with Gasteiger partial charge in [0, 0.05) is 32.0 Å². The minimum Gasteiger partial charge on any atom is -0.373 e. The fourth-order valence-corrected chi connectivity index (χ4v) is 3.17. The first-order chi connectivity index (χ1) is 8.26. The summed E-state index contributed by atoms with van der Waals surface area (Å²) in [4.78, 5) is 6.56. The van der Waals surface area contributed by atoms with E-state index in [1.54, 1.807) is 0 Å². The third-order valence-electron chi connectivity index (χ3n) is 3.95. The van der Waals surface area contributed by atoms with Crippen LogP contribution < -0.4 is 0 Å². The van der Waals surface area contributed by atoms with Gasteiger partial charge in [-0.05, 0) is 36.5 Å². The highest BCUT2D eigenvalue weighted by atomic mass is 16.5. The highest BCUT2D eigenvalue weighted by Gasteiger charge is 2.43. The van der Waals surface area contributed by atoms with Gasteiger partial charge in [0.25, 0.3) is 0 Å². The largest absolute Gasteiger partial charge is 0.373 e. The molecule has 0 aromatic carbocycles. The van der Waals surface area contributed by atoms with Crippen LogP contribution in [0.4, 0.5) is 0 Å². The van der Waals surface area contributed by atoms with E-state index in [0.717, 1.165) is 32.2 Å². The molecule has 92 valence electrons. The first-order valence-corrected chi connectivity index (χ1v) is 6.51. The van der Waals surface area contributed by atoms with Crippen LogP contribution in [0, 0.1) is 5.92 Å². The van der Waals surface area contributed by atoms with Gasteiger partial charge in [-0.15, -0.1) is 0 Å². The van der Waals surface area contributed by atoms with Crippen LogP contribution in [0.5, 0.6) is 0 Å². The summed E-state index contributed by atoms with van der Waals surface area (Å²) in [6.07, 6.45) is 6.17. The predicted octanol–water partition coefficient (Wildman–Crippen LogP) is 2.08. The van der Waals surface area contributed by atoms with Crippen LogP contribution in [0.25, 0.3) is 0 Å². The molecule has 1 spiro atoms. The highest BCUT2D eigenvalue weighted by Crippen LogP contribution is 2.37. The molecule has 0 bridgehead atoms. The fraction of sp³-hybridized carbons (Fsp3) is 0.643. The summed E-state index contributed by atoms with van der Waals surface area (Å²) in [5, 5.41) is 0. The Labute approximate surface area is 103 Å². The molecule has 2 fully saturated rings. The van der Waals surface area contributed by atoms with Crippen LogP contribution in [0.2, 0.25) is 0 Å². The van der Waals surface area contributed by atoms with Crippen molar-refractivity contribution in [1.82, 2.24) is 9.88 Å². The third kappa shape index (κ3) is 2.35. The Morgan fingerprint density at radius 2 is 2.29 bits per heavy atom. The van der Waals surface area contributed by atoms with Gasteiger partial charge in [-0.25, -0.2) is 0 Å². The van der Waals surface area contributed by atoms with Gasteiger partial charge in [0.05, 0.1) is 12.2 Å². The molecule has 3 rings (SSSR count). The van der Waals surface area contributed by atoms with E-state index in [-0.39, 0.29) is 5.60 Å². The van der Waals surface area contributed by atoms with Gasteiger partial charge in [-0.3, -0.25) is 9.88 Å². The minimum atomic E-state index is 0.173. The number of likely N-dealkylation sites (tertiary alicyclic amines) is 1. The quantitative estimate of drug-likeness (QED) is 0.780. The average Bonchev–Trinajstić information content (AvgIpc) is 2.88. The van der Waals surface area contributed by atoms with Crippen LogP contribution in [0.15, 0.2) is 24.5 Å². The van der Waals surface area contributed by atoms with Crippen LogP contribution >= 0.6 is 0 Å². The zero-order valence-corrected chi connectivity index (χ0v) is 10.4. The normalized spacial score (nSPS) is 33.6. The molecule has 2 aliphatic rings. The lowest BCUT2D eigenvalue weighted by Crippen LogP contribution is -2.32. The Balaban J connectivity index is 1.61. The molecule has 1 aromatic rings. The lowest BCUT2D eigenvalue weighted by molar-refractivity contribution is 0.0113. The van der Waals surface area contributed by atoms with Crippen LogP contribution in [0.1, 0.15) is 25.3 Å². The average molecular weight is 232 g/mol. The number of rotatable bonds is 2. The van der Waals surface area contributed by atoms with Crippen LogP contribution in [-0.2, 0) is 11.3 Å². The lowest BCUT2D eigenvalue weighted by Gasteiger charge is -2.23. The van der Waals surface area contributed by atoms with Gasteiger partial charge < -0.3 is 4.74 Å². The number of nitrogens with zero attached hydrogens (tertiary/aromatic N) is 2. The summed E-state index contributed by atoms with van der Waals surface area (Å²) in [6, 6.07) is 4.20. The molecule has 2 unspecified atom stereocenters. The van der Waals surface area contributed by atoms with Crippen LogP contribution in [0.3, 0.4) is 0 Å². The molecule has 3 nitrogen and oxygen atoms in total. The topological polar surface area (TPSA) is 25.4 Å². The molecule has 0 aliphatic carbocycles. The number of hydrogen-bond donors (Lipinski definition) is 0. The standard InChI is InChI=1S/C14H20N2O/c1-12-8-14(17-10-12)4-7-16(11-14)9-13-2-5-15-6-3-13/h2-3,5-6,12H,4,7-11H2,1H3. The maximum atomic E-state index is 6.03. The van der Waals surface area contributed by atoms with Gasteiger partial charge in [-0.1, -0.05) is 6.92 Å². The molecule has 2 aliphatic heterocycles. The summed E-state index contributed by atoms with van der Waals surface area (Å²) >= 11 is 0. The maximum absolute atomic E-state index is 6.03. The number of hydrogen-bond acceptors (Lipinski definition) is 3. The van der Waals surface area contributed by atoms with E-state index in [1.165, 1.54) is 18.4 Å². The molecule has 0 saturated carbocycles. The first-order valence-electron chi connectivity index (χ1n) is 6.51. The number of ether oxygens (including phenoxy) is 1. The van der Waals surface area contributed by atoms with E-state index in [1.807, 2.05) is 12.4 Å². The second kappa shape index (κ2) is 4.39. The monoisotopic (exact) mass is 232 g/mol. The van der Waals surface area contributed by atoms with Crippen molar-refractivity contribution in [2.45, 2.75) is 31.9 Å². The molecule has 2 saturated heterocycles. The molecule has 17 heavy (non-hydrogen) atoms. The van der Waals surface area contributed by atoms with Gasteiger partial charge in [-0.2, -0.15) is 0 Å². The molecule has 3 heteroatoms. The van der Waals surface area contributed by atoms with Crippen molar-refractivity contribution >= 4 is 0 Å². The zero-order valence-electron chi connectivity index (χ0n) is 10.4. The Morgan fingerprint density at radius 3 is 3.00 bits per heavy atom. The summed E-state index contributed by atoms with van der Waals surface area (Å²) in [7, 11) is 0. The summed E-state index contributed by atoms with van der Waals surface area (Å²) in [5.41, 5.74) is 1.52. The number of pyridine rings is 1. The van der Waals surface area contributed by atoms with Crippen LogP contribution in [-0.4, -0.2) is 35.2 Å². The van der Waals surface area contributed by atoms with Crippen molar-refractivity contribution in [3.8, 4) is 0 Å². The molecular weight excluding hydrogens is 212 g/mol. The van der Waals surface area contributed by atoms with E-state index in [9.17, 15) is 0 Å². The SMILES string of the molecule is CC1COC2(CCN(Cc3ccncc3)C2)C1. The van der Waals surface area contributed by atoms with Crippen molar-refractivity contribution < 1.29 is 4.74 Å². The Kier molecular flexibility index (Phi) is 2.89. The smallest absolute Gasteiger partial charge is 0.0824 e. The van der Waals surface area contributed by atoms with E-state index in [0.29, 0.717) is 0 Å². The van der Waals surface area contributed by atoms with Crippen molar-refractivity contribution in [1.29, 1.82) is 0 Å². The molecule has 0 amide bonds. The molecule has 3 heterocycles. The Bertz CT molecular complexity index is 381. The number of aromatic nitrogens is 1. The van der Waals surface area contributed by atoms with Crippen molar-refractivity contribution in [3.05, 3.63) is 30.1 Å². The van der Waals surface area contributed by atoms with Gasteiger partial charge in [0.15, 0.2) is 0 Å². The zero-order chi connectivity index (χ0) is 11.7. The summed E-state index contributed by atoms with van der Waals surface area (Å²) < 4.78 is 6.03. The Hall–Kier alpha value is -0.930. The highest BCUT2D eigenvalue weighted by molar-refractivity contribution is 5.10. The second-order valence-corrected chi connectivity index (χ2v) is 5.62. The summed E-state index contributed by atoms with van der Waals surface area (Å²) in [6.45, 7) is 6.53. The molecule has 0 radical (unpaired) electrons. The maximum Gasteiger partial charge on any atom is 0.0824 e. The first kappa shape index (κ1) is 11.2. The van der Waals surface area contributed by atoms with E-state index < -0.39 is 0 Å². The fourth-order valence-electron chi connectivity index (χ4n) is 3.17. The minimum absolute atomic E-state index is 0.173. The second-order valence-electron chi connectivity index (χ2n) is 5.62. The van der Waals surface area contributed by atoms with Gasteiger partial charge in [0.2, 0.25) is 0 Å². The van der Waals surface area contributed by atoms with Crippen molar-refractivity contribution in [3.63, 3.8) is 0 Å². The lowest BCUT2D eigenvalue weighted by atomic mass is 9.94. The van der Waals surface area contributed by atoms with E-state index in [2.05, 4.69) is 28.9 Å². The van der Waals surface area contributed by atoms with E-state index >= 15 is 0 Å². The van der Waals surface area contributed by atoms with Gasteiger partial charge >= 0.3 is 0 Å². The van der Waals surface area contributed by atoms with Gasteiger partial charge in [0.1, 0.15) is 0 Å². The molecule has 1 aromatic heterocycles.